The van der Waals surface area contributed by atoms with Gasteiger partial charge in [-0.25, -0.2) is 0 Å². The molecule has 0 aromatic rings. The van der Waals surface area contributed by atoms with Gasteiger partial charge in [-0.15, -0.1) is 0 Å². The van der Waals surface area contributed by atoms with Crippen molar-refractivity contribution in [1.29, 1.82) is 0 Å². The van der Waals surface area contributed by atoms with Crippen molar-refractivity contribution >= 4 is 5.97 Å². The molecule has 1 heterocycles. The zero-order valence-corrected chi connectivity index (χ0v) is 10.3. The summed E-state index contributed by atoms with van der Waals surface area (Å²) in [6.07, 6.45) is 1.89. The van der Waals surface area contributed by atoms with Crippen LogP contribution in [0.5, 0.6) is 0 Å². The molecule has 0 radical (unpaired) electrons. The highest BCUT2D eigenvalue weighted by atomic mass is 16.4. The van der Waals surface area contributed by atoms with Crippen LogP contribution in [-0.2, 0) is 4.79 Å². The summed E-state index contributed by atoms with van der Waals surface area (Å²) in [5, 5.41) is 9.32. The predicted octanol–water partition coefficient (Wildman–Crippen LogP) is 2.22. The number of aliphatic carboxylic acids is 1. The van der Waals surface area contributed by atoms with Crippen LogP contribution in [0.2, 0.25) is 0 Å². The lowest BCUT2D eigenvalue weighted by molar-refractivity contribution is -0.152. The van der Waals surface area contributed by atoms with E-state index in [4.69, 9.17) is 0 Å². The van der Waals surface area contributed by atoms with Gasteiger partial charge in [0.15, 0.2) is 0 Å². The van der Waals surface area contributed by atoms with Gasteiger partial charge in [-0.05, 0) is 31.6 Å². The SMILES string of the molecule is CCC(C)(C(=O)O)N1CC(C)CC(C)C1. The number of hydrogen-bond donors (Lipinski definition) is 1. The van der Waals surface area contributed by atoms with Crippen LogP contribution in [0.1, 0.15) is 40.5 Å². The van der Waals surface area contributed by atoms with Crippen LogP contribution in [0.15, 0.2) is 0 Å². The fourth-order valence-corrected chi connectivity index (χ4v) is 2.58. The van der Waals surface area contributed by atoms with Crippen LogP contribution < -0.4 is 0 Å². The third-order valence-corrected chi connectivity index (χ3v) is 3.72. The molecule has 3 atom stereocenters. The summed E-state index contributed by atoms with van der Waals surface area (Å²) in [6.45, 7) is 10.1. The largest absolute Gasteiger partial charge is 0.480 e. The quantitative estimate of drug-likeness (QED) is 0.781. The Morgan fingerprint density at radius 3 is 2.20 bits per heavy atom. The second-order valence-corrected chi connectivity index (χ2v) is 5.28. The maximum absolute atomic E-state index is 11.3. The van der Waals surface area contributed by atoms with E-state index in [0.29, 0.717) is 18.3 Å². The fraction of sp³-hybridized carbons (Fsp3) is 0.917. The van der Waals surface area contributed by atoms with E-state index < -0.39 is 11.5 Å². The highest BCUT2D eigenvalue weighted by Gasteiger charge is 2.40. The summed E-state index contributed by atoms with van der Waals surface area (Å²) in [5.74, 6) is 0.532. The maximum Gasteiger partial charge on any atom is 0.323 e. The molecule has 0 saturated carbocycles. The zero-order chi connectivity index (χ0) is 11.6. The molecule has 1 fully saturated rings. The third-order valence-electron chi connectivity index (χ3n) is 3.72. The molecule has 0 aromatic heterocycles. The van der Waals surface area contributed by atoms with Gasteiger partial charge in [0, 0.05) is 13.1 Å². The Morgan fingerprint density at radius 1 is 1.40 bits per heavy atom. The van der Waals surface area contributed by atoms with Crippen LogP contribution in [-0.4, -0.2) is 34.6 Å². The molecule has 3 heteroatoms. The summed E-state index contributed by atoms with van der Waals surface area (Å²) in [4.78, 5) is 13.5. The Balaban J connectivity index is 2.80. The molecule has 15 heavy (non-hydrogen) atoms. The Morgan fingerprint density at radius 2 is 1.87 bits per heavy atom. The van der Waals surface area contributed by atoms with Crippen LogP contribution in [0.4, 0.5) is 0 Å². The molecular formula is C12H23NO2. The fourth-order valence-electron chi connectivity index (χ4n) is 2.58. The highest BCUT2D eigenvalue weighted by Crippen LogP contribution is 2.29. The van der Waals surface area contributed by atoms with E-state index in [0.717, 1.165) is 13.1 Å². The molecule has 1 aliphatic rings. The molecule has 0 amide bonds. The Bertz CT molecular complexity index is 232. The lowest BCUT2D eigenvalue weighted by Gasteiger charge is -2.44. The van der Waals surface area contributed by atoms with E-state index in [2.05, 4.69) is 18.7 Å². The molecule has 1 aliphatic heterocycles. The Labute approximate surface area is 92.5 Å². The van der Waals surface area contributed by atoms with Gasteiger partial charge in [0.1, 0.15) is 5.54 Å². The van der Waals surface area contributed by atoms with E-state index >= 15 is 0 Å². The normalized spacial score (nSPS) is 32.3. The first kappa shape index (κ1) is 12.5. The molecule has 1 N–H and O–H groups in total. The summed E-state index contributed by atoms with van der Waals surface area (Å²) >= 11 is 0. The van der Waals surface area contributed by atoms with Gasteiger partial charge in [0.2, 0.25) is 0 Å². The molecule has 3 nitrogen and oxygen atoms in total. The number of carboxylic acids is 1. The van der Waals surface area contributed by atoms with Crippen molar-refractivity contribution in [3.05, 3.63) is 0 Å². The number of likely N-dealkylation sites (tertiary alicyclic amines) is 1. The van der Waals surface area contributed by atoms with Crippen molar-refractivity contribution < 1.29 is 9.90 Å². The van der Waals surface area contributed by atoms with Gasteiger partial charge < -0.3 is 5.11 Å². The summed E-state index contributed by atoms with van der Waals surface area (Å²) in [6, 6.07) is 0. The number of hydrogen-bond acceptors (Lipinski definition) is 2. The van der Waals surface area contributed by atoms with E-state index in [1.807, 2.05) is 13.8 Å². The number of carbonyl (C=O) groups is 1. The second-order valence-electron chi connectivity index (χ2n) is 5.28. The van der Waals surface area contributed by atoms with E-state index in [1.165, 1.54) is 6.42 Å². The minimum absolute atomic E-state index is 0.610. The molecule has 3 unspecified atom stereocenters. The third kappa shape index (κ3) is 2.51. The molecule has 0 aliphatic carbocycles. The van der Waals surface area contributed by atoms with Gasteiger partial charge in [-0.1, -0.05) is 20.8 Å². The van der Waals surface area contributed by atoms with Crippen molar-refractivity contribution in [2.45, 2.75) is 46.1 Å². The van der Waals surface area contributed by atoms with Gasteiger partial charge >= 0.3 is 5.97 Å². The first-order valence-electron chi connectivity index (χ1n) is 5.88. The van der Waals surface area contributed by atoms with E-state index in [1.54, 1.807) is 0 Å². The van der Waals surface area contributed by atoms with E-state index in [-0.39, 0.29) is 0 Å². The van der Waals surface area contributed by atoms with Crippen molar-refractivity contribution in [3.63, 3.8) is 0 Å². The average molecular weight is 213 g/mol. The first-order chi connectivity index (χ1) is 6.90. The molecule has 0 bridgehead atoms. The monoisotopic (exact) mass is 213 g/mol. The molecular weight excluding hydrogens is 190 g/mol. The van der Waals surface area contributed by atoms with Crippen LogP contribution in [0.3, 0.4) is 0 Å². The smallest absolute Gasteiger partial charge is 0.323 e. The molecule has 88 valence electrons. The Hall–Kier alpha value is -0.570. The van der Waals surface area contributed by atoms with Crippen molar-refractivity contribution in [2.75, 3.05) is 13.1 Å². The van der Waals surface area contributed by atoms with E-state index in [9.17, 15) is 9.90 Å². The van der Waals surface area contributed by atoms with Crippen molar-refractivity contribution in [2.24, 2.45) is 11.8 Å². The van der Waals surface area contributed by atoms with Gasteiger partial charge in [-0.3, -0.25) is 9.69 Å². The zero-order valence-electron chi connectivity index (χ0n) is 10.3. The van der Waals surface area contributed by atoms with Crippen LogP contribution >= 0.6 is 0 Å². The molecule has 0 aromatic carbocycles. The van der Waals surface area contributed by atoms with Gasteiger partial charge in [0.25, 0.3) is 0 Å². The number of rotatable bonds is 3. The summed E-state index contributed by atoms with van der Waals surface area (Å²) in [5.41, 5.74) is -0.678. The van der Waals surface area contributed by atoms with Crippen molar-refractivity contribution in [1.82, 2.24) is 4.90 Å². The minimum Gasteiger partial charge on any atom is -0.480 e. The number of carboxylic acid groups (broad SMARTS) is 1. The Kier molecular flexibility index (Phi) is 3.77. The van der Waals surface area contributed by atoms with Gasteiger partial charge in [0.05, 0.1) is 0 Å². The summed E-state index contributed by atoms with van der Waals surface area (Å²) in [7, 11) is 0. The van der Waals surface area contributed by atoms with Crippen LogP contribution in [0.25, 0.3) is 0 Å². The minimum atomic E-state index is -0.689. The second kappa shape index (κ2) is 4.52. The maximum atomic E-state index is 11.3. The summed E-state index contributed by atoms with van der Waals surface area (Å²) < 4.78 is 0. The first-order valence-corrected chi connectivity index (χ1v) is 5.88. The van der Waals surface area contributed by atoms with Gasteiger partial charge in [-0.2, -0.15) is 0 Å². The lowest BCUT2D eigenvalue weighted by Crippen LogP contribution is -2.56. The molecule has 1 rings (SSSR count). The standard InChI is InChI=1S/C12H23NO2/c1-5-12(4,11(14)15)13-7-9(2)6-10(3)8-13/h9-10H,5-8H2,1-4H3,(H,14,15). The number of piperidine rings is 1. The molecule has 1 saturated heterocycles. The highest BCUT2D eigenvalue weighted by molar-refractivity contribution is 5.78. The van der Waals surface area contributed by atoms with Crippen LogP contribution in [0, 0.1) is 11.8 Å². The topological polar surface area (TPSA) is 40.5 Å². The average Bonchev–Trinajstić information content (AvgIpc) is 2.14. The molecule has 0 spiro atoms. The number of nitrogens with zero attached hydrogens (tertiary/aromatic N) is 1. The lowest BCUT2D eigenvalue weighted by atomic mass is 9.86. The van der Waals surface area contributed by atoms with Crippen molar-refractivity contribution in [3.8, 4) is 0 Å². The predicted molar refractivity (Wildman–Crippen MR) is 60.8 cm³/mol.